The number of aromatic amines is 1. The van der Waals surface area contributed by atoms with Gasteiger partial charge in [-0.1, -0.05) is 43.2 Å². The molecule has 3 N–H and O–H groups in total. The number of nitro benzene ring substituents is 1. The molecule has 5 aromatic rings. The fourth-order valence-electron chi connectivity index (χ4n) is 9.93. The van der Waals surface area contributed by atoms with Gasteiger partial charge in [-0.3, -0.25) is 19.8 Å². The first-order valence-corrected chi connectivity index (χ1v) is 24.7. The Hall–Kier alpha value is -5.68. The minimum absolute atomic E-state index is 0.112. The molecule has 0 radical (unpaired) electrons. The average Bonchev–Trinajstić information content (AvgIpc) is 3.78. The number of pyridine rings is 1. The highest BCUT2D eigenvalue weighted by Crippen LogP contribution is 2.44. The van der Waals surface area contributed by atoms with Gasteiger partial charge in [-0.15, -0.1) is 0 Å². The number of piperazine rings is 1. The number of halogens is 1. The minimum Gasteiger partial charge on any atom is -0.474 e. The number of ether oxygens (including phenoxy) is 2. The lowest BCUT2D eigenvalue weighted by Crippen LogP contribution is -2.47. The molecule has 1 saturated carbocycles. The van der Waals surface area contributed by atoms with Crippen LogP contribution in [-0.2, 0) is 14.8 Å². The van der Waals surface area contributed by atoms with Crippen LogP contribution >= 0.6 is 11.6 Å². The number of anilines is 4. The number of methoxy groups -OCH3 is 1. The van der Waals surface area contributed by atoms with E-state index in [4.69, 9.17) is 26.1 Å². The van der Waals surface area contributed by atoms with Crippen LogP contribution in [0.1, 0.15) is 74.7 Å². The summed E-state index contributed by atoms with van der Waals surface area (Å²) in [4.78, 5) is 40.2. The lowest BCUT2D eigenvalue weighted by atomic mass is 9.72. The van der Waals surface area contributed by atoms with Crippen molar-refractivity contribution < 1.29 is 27.6 Å². The molecule has 0 spiro atoms. The van der Waals surface area contributed by atoms with Crippen LogP contribution in [0.5, 0.6) is 5.88 Å². The number of hydrogen-bond donors (Lipinski definition) is 3. The molecule has 15 nitrogen and oxygen atoms in total. The molecule has 66 heavy (non-hydrogen) atoms. The molecule has 0 bridgehead atoms. The van der Waals surface area contributed by atoms with Gasteiger partial charge in [-0.25, -0.2) is 13.1 Å². The van der Waals surface area contributed by atoms with Gasteiger partial charge in [0, 0.05) is 74.7 Å². The van der Waals surface area contributed by atoms with E-state index in [1.165, 1.54) is 28.8 Å². The summed E-state index contributed by atoms with van der Waals surface area (Å²) in [5.41, 5.74) is 6.95. The number of carbonyl (C=O) groups is 1. The molecule has 1 saturated heterocycles. The Labute approximate surface area is 390 Å². The average molecular weight is 938 g/mol. The van der Waals surface area contributed by atoms with Gasteiger partial charge in [0.1, 0.15) is 23.6 Å². The predicted octanol–water partition coefficient (Wildman–Crippen LogP) is 9.18. The first-order chi connectivity index (χ1) is 31.7. The monoisotopic (exact) mass is 936 g/mol. The highest BCUT2D eigenvalue weighted by molar-refractivity contribution is 7.90. The molecule has 17 heteroatoms. The van der Waals surface area contributed by atoms with E-state index in [1.807, 2.05) is 41.3 Å². The molecule has 2 aliphatic carbocycles. The van der Waals surface area contributed by atoms with Gasteiger partial charge in [0.05, 0.1) is 33.7 Å². The highest BCUT2D eigenvalue weighted by atomic mass is 35.5. The van der Waals surface area contributed by atoms with Crippen molar-refractivity contribution >= 4 is 72.6 Å². The lowest BCUT2D eigenvalue weighted by molar-refractivity contribution is -0.384. The Kier molecular flexibility index (Phi) is 13.0. The largest absolute Gasteiger partial charge is 0.474 e. The number of amides is 1. The summed E-state index contributed by atoms with van der Waals surface area (Å²) in [7, 11) is -2.86. The zero-order valence-corrected chi connectivity index (χ0v) is 39.2. The van der Waals surface area contributed by atoms with E-state index in [1.54, 1.807) is 19.4 Å². The fourth-order valence-corrected chi connectivity index (χ4v) is 11.0. The minimum atomic E-state index is -4.56. The molecular formula is C49H57ClN8O7S. The zero-order valence-electron chi connectivity index (χ0n) is 37.6. The molecule has 0 unspecified atom stereocenters. The normalized spacial score (nSPS) is 20.2. The number of nitrogens with one attached hydrogen (secondary N) is 3. The van der Waals surface area contributed by atoms with Crippen LogP contribution in [-0.4, -0.2) is 99.8 Å². The maximum atomic E-state index is 14.3. The van der Waals surface area contributed by atoms with Gasteiger partial charge in [0.15, 0.2) is 0 Å². The Morgan fingerprint density at radius 3 is 2.50 bits per heavy atom. The number of nitrogens with zero attached hydrogens (tertiary/aromatic N) is 5. The van der Waals surface area contributed by atoms with Crippen molar-refractivity contribution in [1.82, 2.24) is 19.6 Å². The molecule has 4 heterocycles. The number of allylic oxidation sites excluding steroid dienone is 1. The van der Waals surface area contributed by atoms with Crippen LogP contribution in [0.3, 0.4) is 0 Å². The van der Waals surface area contributed by atoms with Gasteiger partial charge in [0.25, 0.3) is 21.6 Å². The highest BCUT2D eigenvalue weighted by Gasteiger charge is 2.32. The van der Waals surface area contributed by atoms with Gasteiger partial charge in [-0.05, 0) is 122 Å². The second kappa shape index (κ2) is 18.9. The summed E-state index contributed by atoms with van der Waals surface area (Å²) in [5, 5.41) is 17.0. The van der Waals surface area contributed by atoms with Gasteiger partial charge in [0.2, 0.25) is 5.88 Å². The number of rotatable bonds is 13. The van der Waals surface area contributed by atoms with E-state index in [9.17, 15) is 23.3 Å². The number of H-pyrrole nitrogens is 1. The first-order valence-electron chi connectivity index (χ1n) is 22.8. The number of fused-ring (bicyclic) bond motifs is 2. The molecule has 0 atom stereocenters. The standard InChI is InChI=1S/C49H57ClN8O7S/c1-49(2)18-16-35(41(29-49)33-6-8-36(50)9-7-33)31-55-20-22-56(23-21-55)37-10-14-40(43(27-37)57-24-25-65-48-45(57)26-34-17-19-51-46(34)53-48)47(59)54-66(62,63)39-13-15-42(44(28-39)58(60)61)52-30-32-4-11-38(64-3)12-5-32/h6-10,13-15,17,19,26-28,32,38,52H,4-5,11-12,16,18,20-25,29-31H2,1-3H3,(H,51,53)(H,54,59)/t32-,38-. The van der Waals surface area contributed by atoms with Gasteiger partial charge >= 0.3 is 0 Å². The molecule has 1 amide bonds. The summed E-state index contributed by atoms with van der Waals surface area (Å²) in [6.45, 7) is 9.89. The van der Waals surface area contributed by atoms with Crippen LogP contribution in [0.25, 0.3) is 16.6 Å². The second-order valence-electron chi connectivity index (χ2n) is 18.8. The molecule has 3 aromatic carbocycles. The maximum Gasteiger partial charge on any atom is 0.293 e. The van der Waals surface area contributed by atoms with Crippen molar-refractivity contribution in [3.8, 4) is 5.88 Å². The number of carbonyl (C=O) groups excluding carboxylic acids is 1. The van der Waals surface area contributed by atoms with Crippen LogP contribution in [0.15, 0.2) is 89.5 Å². The van der Waals surface area contributed by atoms with Crippen LogP contribution in [0.4, 0.5) is 28.4 Å². The van der Waals surface area contributed by atoms with E-state index in [0.717, 1.165) is 99.8 Å². The number of aromatic nitrogens is 2. The number of hydrogen-bond acceptors (Lipinski definition) is 12. The van der Waals surface area contributed by atoms with E-state index in [0.29, 0.717) is 41.9 Å². The Balaban J connectivity index is 0.962. The van der Waals surface area contributed by atoms with E-state index in [-0.39, 0.29) is 29.4 Å². The van der Waals surface area contributed by atoms with Crippen molar-refractivity contribution in [1.29, 1.82) is 0 Å². The summed E-state index contributed by atoms with van der Waals surface area (Å²) >= 11 is 6.27. The van der Waals surface area contributed by atoms with E-state index < -0.39 is 31.4 Å². The van der Waals surface area contributed by atoms with Crippen molar-refractivity contribution in [3.63, 3.8) is 0 Å². The third-order valence-electron chi connectivity index (χ3n) is 13.8. The quantitative estimate of drug-likeness (QED) is 0.0756. The molecule has 4 aliphatic rings. The summed E-state index contributed by atoms with van der Waals surface area (Å²) in [6, 6.07) is 21.2. The zero-order chi connectivity index (χ0) is 46.2. The number of benzene rings is 3. The molecule has 9 rings (SSSR count). The smallest absolute Gasteiger partial charge is 0.293 e. The summed E-state index contributed by atoms with van der Waals surface area (Å²) in [5.74, 6) is -0.183. The van der Waals surface area contributed by atoms with E-state index >= 15 is 0 Å². The van der Waals surface area contributed by atoms with Crippen LogP contribution in [0.2, 0.25) is 5.02 Å². The number of nitro groups is 1. The maximum absolute atomic E-state index is 14.3. The SMILES string of the molecule is CO[C@H]1CC[C@H](CNc2ccc(S(=O)(=O)NC(=O)c3ccc(N4CCN(CC5=C(c6ccc(Cl)cc6)CC(C)(C)CC5)CC4)cc3N3CCOc4nc5[nH]ccc5cc43)cc2[N+](=O)[O-])CC1. The van der Waals surface area contributed by atoms with Crippen molar-refractivity contribution in [3.05, 3.63) is 111 Å². The van der Waals surface area contributed by atoms with Crippen molar-refractivity contribution in [2.75, 3.05) is 74.6 Å². The Morgan fingerprint density at radius 2 is 1.76 bits per heavy atom. The summed E-state index contributed by atoms with van der Waals surface area (Å²) < 4.78 is 41.6. The predicted molar refractivity (Wildman–Crippen MR) is 259 cm³/mol. The van der Waals surface area contributed by atoms with Gasteiger partial charge in [-0.2, -0.15) is 4.98 Å². The lowest BCUT2D eigenvalue weighted by Gasteiger charge is -2.39. The number of sulfonamides is 1. The van der Waals surface area contributed by atoms with Gasteiger partial charge < -0.3 is 29.6 Å². The Morgan fingerprint density at radius 1 is 0.985 bits per heavy atom. The molecule has 2 aromatic heterocycles. The summed E-state index contributed by atoms with van der Waals surface area (Å²) in [6.07, 6.45) is 8.90. The second-order valence-corrected chi connectivity index (χ2v) is 20.9. The molecular weight excluding hydrogens is 880 g/mol. The van der Waals surface area contributed by atoms with Crippen molar-refractivity contribution in [2.45, 2.75) is 69.8 Å². The first kappa shape index (κ1) is 45.5. The third kappa shape index (κ3) is 9.87. The van der Waals surface area contributed by atoms with Crippen LogP contribution in [0, 0.1) is 21.4 Å². The third-order valence-corrected chi connectivity index (χ3v) is 15.4. The fraction of sp³-hybridized carbons (Fsp3) is 0.429. The van der Waals surface area contributed by atoms with E-state index in [2.05, 4.69) is 50.8 Å². The topological polar surface area (TPSA) is 175 Å². The molecule has 2 fully saturated rings. The molecule has 348 valence electrons. The van der Waals surface area contributed by atoms with Crippen molar-refractivity contribution in [2.24, 2.45) is 11.3 Å². The molecule has 2 aliphatic heterocycles. The Bertz CT molecular complexity index is 2760. The van der Waals surface area contributed by atoms with Crippen LogP contribution < -0.4 is 24.6 Å².